The van der Waals surface area contributed by atoms with Crippen LogP contribution in [0.3, 0.4) is 0 Å². The van der Waals surface area contributed by atoms with Crippen molar-refractivity contribution in [2.75, 3.05) is 0 Å². The third-order valence-corrected chi connectivity index (χ3v) is 5.15. The van der Waals surface area contributed by atoms with Gasteiger partial charge in [-0.05, 0) is 53.1 Å². The zero-order valence-electron chi connectivity index (χ0n) is 14.8. The van der Waals surface area contributed by atoms with Crippen molar-refractivity contribution in [3.63, 3.8) is 0 Å². The molecule has 0 unspecified atom stereocenters. The molecule has 2 aromatic heterocycles. The number of aromatic hydroxyl groups is 1. The molecule has 0 radical (unpaired) electrons. The second-order valence-corrected chi connectivity index (χ2v) is 6.95. The Bertz CT molecular complexity index is 1370. The van der Waals surface area contributed by atoms with Gasteiger partial charge in [-0.3, -0.25) is 14.6 Å². The van der Waals surface area contributed by atoms with E-state index in [1.807, 2.05) is 0 Å². The lowest BCUT2D eigenvalue weighted by atomic mass is 10.0. The Labute approximate surface area is 169 Å². The number of para-hydroxylation sites is 1. The van der Waals surface area contributed by atoms with Crippen LogP contribution in [0.2, 0.25) is 0 Å². The molecule has 3 heterocycles. The number of aromatic amines is 1. The Morgan fingerprint density at radius 3 is 2.69 bits per heavy atom. The number of fused-ring (bicyclic) bond motifs is 2. The lowest BCUT2D eigenvalue weighted by Crippen LogP contribution is -2.11. The highest BCUT2D eigenvalue weighted by atomic mass is 35.5. The smallest absolute Gasteiger partial charge is 0.254 e. The van der Waals surface area contributed by atoms with Gasteiger partial charge in [-0.15, -0.1) is 0 Å². The van der Waals surface area contributed by atoms with Gasteiger partial charge in [0.25, 0.3) is 5.24 Å². The minimum absolute atomic E-state index is 0.0745. The van der Waals surface area contributed by atoms with Gasteiger partial charge in [-0.25, -0.2) is 4.99 Å². The summed E-state index contributed by atoms with van der Waals surface area (Å²) in [6.07, 6.45) is 2.97. The van der Waals surface area contributed by atoms with Crippen LogP contribution in [0.1, 0.15) is 26.4 Å². The Morgan fingerprint density at radius 1 is 1.07 bits per heavy atom. The van der Waals surface area contributed by atoms with E-state index >= 15 is 0 Å². The Kier molecular flexibility index (Phi) is 3.82. The summed E-state index contributed by atoms with van der Waals surface area (Å²) in [4.78, 5) is 35.8. The molecule has 0 bridgehead atoms. The molecule has 2 N–H and O–H groups in total. The van der Waals surface area contributed by atoms with Crippen molar-refractivity contribution in [2.45, 2.75) is 0 Å². The third kappa shape index (κ3) is 2.65. The fourth-order valence-electron chi connectivity index (χ4n) is 3.55. The van der Waals surface area contributed by atoms with Gasteiger partial charge in [0.2, 0.25) is 5.78 Å². The predicted octanol–water partition coefficient (Wildman–Crippen LogP) is 4.63. The summed E-state index contributed by atoms with van der Waals surface area (Å²) in [6.45, 7) is 0. The number of H-pyrrole nitrogens is 1. The van der Waals surface area contributed by atoms with Crippen LogP contribution in [-0.4, -0.2) is 31.8 Å². The fraction of sp³-hybridized carbons (Fsp3) is 0. The zero-order valence-corrected chi connectivity index (χ0v) is 15.6. The van der Waals surface area contributed by atoms with Crippen molar-refractivity contribution in [3.05, 3.63) is 77.7 Å². The molecule has 0 fully saturated rings. The largest absolute Gasteiger partial charge is 0.505 e. The topological polar surface area (TPSA) is 95.4 Å². The van der Waals surface area contributed by atoms with Gasteiger partial charge in [0.15, 0.2) is 5.75 Å². The van der Waals surface area contributed by atoms with E-state index < -0.39 is 5.24 Å². The monoisotopic (exact) mass is 401 g/mol. The van der Waals surface area contributed by atoms with Gasteiger partial charge in [0, 0.05) is 28.9 Å². The van der Waals surface area contributed by atoms with Crippen molar-refractivity contribution in [1.82, 2.24) is 9.97 Å². The van der Waals surface area contributed by atoms with Crippen LogP contribution >= 0.6 is 11.6 Å². The summed E-state index contributed by atoms with van der Waals surface area (Å²) in [5.41, 5.74) is 3.72. The molecule has 0 spiro atoms. The maximum Gasteiger partial charge on any atom is 0.254 e. The maximum atomic E-state index is 12.7. The number of hydrogen-bond donors (Lipinski definition) is 2. The first-order chi connectivity index (χ1) is 14.0. The predicted molar refractivity (Wildman–Crippen MR) is 110 cm³/mol. The molecule has 140 valence electrons. The second kappa shape index (κ2) is 6.39. The number of benzene rings is 2. The number of nitrogens with one attached hydrogen (secondary N) is 1. The molecule has 0 saturated carbocycles. The first kappa shape index (κ1) is 17.3. The number of ketones is 1. The number of nitrogens with zero attached hydrogens (tertiary/aromatic N) is 2. The number of pyridine rings is 1. The second-order valence-electron chi connectivity index (χ2n) is 6.61. The van der Waals surface area contributed by atoms with Crippen LogP contribution in [0.15, 0.2) is 65.9 Å². The molecule has 4 aromatic rings. The lowest BCUT2D eigenvalue weighted by molar-refractivity contribution is 0.106. The minimum atomic E-state index is -0.615. The van der Waals surface area contributed by atoms with Crippen molar-refractivity contribution in [1.29, 1.82) is 0 Å². The SMILES string of the molecule is O=C1C(c2[nH]c3ccc(-c4ccncc4C(=O)Cl)cc3c2O)=Nc2ccccc21. The van der Waals surface area contributed by atoms with Gasteiger partial charge in [0.05, 0.1) is 11.3 Å². The van der Waals surface area contributed by atoms with E-state index in [0.29, 0.717) is 33.3 Å². The number of carbonyl (C=O) groups is 2. The number of hydrogen-bond acceptors (Lipinski definition) is 5. The Morgan fingerprint density at radius 2 is 1.90 bits per heavy atom. The minimum Gasteiger partial charge on any atom is -0.505 e. The van der Waals surface area contributed by atoms with E-state index in [4.69, 9.17) is 11.6 Å². The maximum absolute atomic E-state index is 12.7. The fourth-order valence-corrected chi connectivity index (χ4v) is 3.70. The highest BCUT2D eigenvalue weighted by Gasteiger charge is 2.29. The molecule has 0 atom stereocenters. The number of carbonyl (C=O) groups excluding carboxylic acids is 2. The number of rotatable bonds is 3. The average Bonchev–Trinajstić information content (AvgIpc) is 3.25. The van der Waals surface area contributed by atoms with E-state index in [1.165, 1.54) is 6.20 Å². The molecule has 1 aliphatic rings. The quantitative estimate of drug-likeness (QED) is 0.489. The standard InChI is InChI=1S/C22H12ClN3O3/c23-22(29)15-10-24-8-7-12(15)11-5-6-17-14(9-11)21(28)19(26-17)18-20(27)13-3-1-2-4-16(13)25-18/h1-10,26,28H. The van der Waals surface area contributed by atoms with Gasteiger partial charge in [0.1, 0.15) is 11.4 Å². The number of halogens is 1. The number of Topliss-reactive ketones (excluding diaryl/α,β-unsaturated/α-hetero) is 1. The first-order valence-electron chi connectivity index (χ1n) is 8.76. The third-order valence-electron chi connectivity index (χ3n) is 4.95. The Balaban J connectivity index is 1.65. The van der Waals surface area contributed by atoms with Gasteiger partial charge < -0.3 is 10.1 Å². The summed E-state index contributed by atoms with van der Waals surface area (Å²) in [5, 5.41) is 10.7. The van der Waals surface area contributed by atoms with Crippen molar-refractivity contribution < 1.29 is 14.7 Å². The van der Waals surface area contributed by atoms with Crippen molar-refractivity contribution in [2.24, 2.45) is 4.99 Å². The molecule has 1 aliphatic heterocycles. The molecule has 2 aromatic carbocycles. The molecule has 29 heavy (non-hydrogen) atoms. The number of aromatic nitrogens is 2. The van der Waals surface area contributed by atoms with Crippen LogP contribution in [0.25, 0.3) is 22.0 Å². The van der Waals surface area contributed by atoms with E-state index in [2.05, 4.69) is 15.0 Å². The van der Waals surface area contributed by atoms with Crippen LogP contribution in [0.5, 0.6) is 5.75 Å². The van der Waals surface area contributed by atoms with Gasteiger partial charge in [-0.2, -0.15) is 0 Å². The summed E-state index contributed by atoms with van der Waals surface area (Å²) in [6, 6.07) is 14.0. The van der Waals surface area contributed by atoms with Crippen molar-refractivity contribution in [3.8, 4) is 16.9 Å². The summed E-state index contributed by atoms with van der Waals surface area (Å²) in [7, 11) is 0. The van der Waals surface area contributed by atoms with E-state index in [-0.39, 0.29) is 28.5 Å². The van der Waals surface area contributed by atoms with Crippen molar-refractivity contribution >= 4 is 44.9 Å². The van der Waals surface area contributed by atoms with E-state index in [9.17, 15) is 14.7 Å². The van der Waals surface area contributed by atoms with E-state index in [0.717, 1.165) is 0 Å². The first-order valence-corrected chi connectivity index (χ1v) is 9.14. The highest BCUT2D eigenvalue weighted by Crippen LogP contribution is 2.37. The van der Waals surface area contributed by atoms with Crippen LogP contribution in [-0.2, 0) is 0 Å². The molecular formula is C22H12ClN3O3. The summed E-state index contributed by atoms with van der Waals surface area (Å²) in [5.74, 6) is -0.318. The molecule has 0 aliphatic carbocycles. The molecular weight excluding hydrogens is 390 g/mol. The molecule has 0 saturated heterocycles. The molecule has 5 rings (SSSR count). The molecule has 7 heteroatoms. The van der Waals surface area contributed by atoms with Gasteiger partial charge >= 0.3 is 0 Å². The average molecular weight is 402 g/mol. The van der Waals surface area contributed by atoms with E-state index in [1.54, 1.807) is 54.7 Å². The summed E-state index contributed by atoms with van der Waals surface area (Å²) >= 11 is 5.67. The zero-order chi connectivity index (χ0) is 20.1. The van der Waals surface area contributed by atoms with Crippen LogP contribution in [0, 0.1) is 0 Å². The molecule has 6 nitrogen and oxygen atoms in total. The highest BCUT2D eigenvalue weighted by molar-refractivity contribution is 6.68. The Hall–Kier alpha value is -3.77. The normalized spacial score (nSPS) is 12.9. The van der Waals surface area contributed by atoms with Crippen LogP contribution in [0.4, 0.5) is 5.69 Å². The molecule has 0 amide bonds. The summed E-state index contributed by atoms with van der Waals surface area (Å²) < 4.78 is 0. The lowest BCUT2D eigenvalue weighted by Gasteiger charge is -2.06. The van der Waals surface area contributed by atoms with Crippen LogP contribution < -0.4 is 0 Å². The number of aliphatic imine (C=N–C) groups is 1. The van der Waals surface area contributed by atoms with Gasteiger partial charge in [-0.1, -0.05) is 18.2 Å².